The maximum absolute atomic E-state index is 13.2. The summed E-state index contributed by atoms with van der Waals surface area (Å²) < 4.78 is 68.4. The van der Waals surface area contributed by atoms with Crippen LogP contribution in [0.1, 0.15) is 24.4 Å². The van der Waals surface area contributed by atoms with Crippen molar-refractivity contribution in [3.05, 3.63) is 29.8 Å². The Morgan fingerprint density at radius 3 is 2.40 bits per heavy atom. The van der Waals surface area contributed by atoms with Crippen molar-refractivity contribution in [2.24, 2.45) is 0 Å². The fraction of sp³-hybridized carbons (Fsp3) is 0.429. The summed E-state index contributed by atoms with van der Waals surface area (Å²) in [5.41, 5.74) is -0.684. The van der Waals surface area contributed by atoms with Gasteiger partial charge < -0.3 is 20.5 Å². The van der Waals surface area contributed by atoms with E-state index in [9.17, 15) is 31.5 Å². The molecule has 0 radical (unpaired) electrons. The van der Waals surface area contributed by atoms with Crippen LogP contribution in [0.15, 0.2) is 24.3 Å². The molecule has 0 spiro atoms. The van der Waals surface area contributed by atoms with Crippen molar-refractivity contribution in [3.63, 3.8) is 0 Å². The Hall–Kier alpha value is -2.59. The molecule has 25 heavy (non-hydrogen) atoms. The molecule has 1 unspecified atom stereocenters. The first kappa shape index (κ1) is 20.5. The molecule has 0 aliphatic rings. The average Bonchev–Trinajstić information content (AvgIpc) is 2.48. The molecule has 0 saturated heterocycles. The van der Waals surface area contributed by atoms with E-state index < -0.39 is 42.1 Å². The van der Waals surface area contributed by atoms with Gasteiger partial charge in [-0.1, -0.05) is 18.2 Å². The van der Waals surface area contributed by atoms with Gasteiger partial charge in [0.15, 0.2) is 6.04 Å². The molecule has 6 nitrogen and oxygen atoms in total. The highest BCUT2D eigenvalue weighted by molar-refractivity contribution is 5.74. The van der Waals surface area contributed by atoms with E-state index in [1.54, 1.807) is 5.32 Å². The molecule has 140 valence electrons. The van der Waals surface area contributed by atoms with Crippen LogP contribution in [0.25, 0.3) is 0 Å². The number of urea groups is 1. The molecule has 11 heteroatoms. The van der Waals surface area contributed by atoms with E-state index in [2.05, 4.69) is 10.1 Å². The average molecular weight is 370 g/mol. The van der Waals surface area contributed by atoms with E-state index in [4.69, 9.17) is 5.11 Å². The van der Waals surface area contributed by atoms with Gasteiger partial charge >= 0.3 is 24.8 Å². The van der Waals surface area contributed by atoms with Crippen LogP contribution < -0.4 is 15.4 Å². The number of halogens is 5. The second kappa shape index (κ2) is 9.04. The van der Waals surface area contributed by atoms with E-state index in [1.807, 2.05) is 0 Å². The standard InChI is InChI=1S/C14H15F5N2O4/c15-12(16)25-9-5-2-1-4-8(9)11(14(17,18)19)21-13(24)20-7-3-6-10(22)23/h1-2,4-5,11-12H,3,6-7H2,(H,22,23)(H2,20,21,24). The van der Waals surface area contributed by atoms with Gasteiger partial charge in [0.25, 0.3) is 0 Å². The molecule has 0 bridgehead atoms. The molecule has 3 N–H and O–H groups in total. The third-order valence-corrected chi connectivity index (χ3v) is 2.90. The highest BCUT2D eigenvalue weighted by Gasteiger charge is 2.43. The normalized spacial score (nSPS) is 12.6. The van der Waals surface area contributed by atoms with Gasteiger partial charge in [-0.05, 0) is 12.5 Å². The van der Waals surface area contributed by atoms with Crippen LogP contribution >= 0.6 is 0 Å². The van der Waals surface area contributed by atoms with Crippen LogP contribution in [0.3, 0.4) is 0 Å². The SMILES string of the molecule is O=C(O)CCCNC(=O)NC(c1ccccc1OC(F)F)C(F)(F)F. The summed E-state index contributed by atoms with van der Waals surface area (Å²) in [6.45, 7) is -3.50. The van der Waals surface area contributed by atoms with Crippen molar-refractivity contribution in [1.82, 2.24) is 10.6 Å². The minimum atomic E-state index is -4.97. The van der Waals surface area contributed by atoms with Crippen LogP contribution in [0, 0.1) is 0 Å². The number of amides is 2. The van der Waals surface area contributed by atoms with Crippen LogP contribution in [-0.4, -0.2) is 36.4 Å². The molecule has 1 aromatic carbocycles. The van der Waals surface area contributed by atoms with Crippen molar-refractivity contribution in [1.29, 1.82) is 0 Å². The number of rotatable bonds is 8. The van der Waals surface area contributed by atoms with Gasteiger partial charge in [-0.3, -0.25) is 4.79 Å². The van der Waals surface area contributed by atoms with E-state index in [-0.39, 0.29) is 19.4 Å². The van der Waals surface area contributed by atoms with Crippen molar-refractivity contribution in [2.75, 3.05) is 6.54 Å². The summed E-state index contributed by atoms with van der Waals surface area (Å²) in [6, 6.07) is 0.411. The Labute approximate surface area is 139 Å². The Bertz CT molecular complexity index is 595. The Morgan fingerprint density at radius 2 is 1.84 bits per heavy atom. The first-order chi connectivity index (χ1) is 11.6. The number of hydrogen-bond acceptors (Lipinski definition) is 3. The fourth-order valence-electron chi connectivity index (χ4n) is 1.88. The lowest BCUT2D eigenvalue weighted by molar-refractivity contribution is -0.156. The largest absolute Gasteiger partial charge is 0.481 e. The summed E-state index contributed by atoms with van der Waals surface area (Å²) in [5.74, 6) is -1.83. The van der Waals surface area contributed by atoms with Gasteiger partial charge in [0.05, 0.1) is 0 Å². The number of carbonyl (C=O) groups excluding carboxylic acids is 1. The second-order valence-electron chi connectivity index (χ2n) is 4.79. The van der Waals surface area contributed by atoms with Crippen LogP contribution in [0.2, 0.25) is 0 Å². The Morgan fingerprint density at radius 1 is 1.20 bits per heavy atom. The summed E-state index contributed by atoms with van der Waals surface area (Å²) in [4.78, 5) is 21.9. The molecule has 0 heterocycles. The number of nitrogens with one attached hydrogen (secondary N) is 2. The minimum Gasteiger partial charge on any atom is -0.481 e. The predicted octanol–water partition coefficient (Wildman–Crippen LogP) is 3.06. The zero-order valence-corrected chi connectivity index (χ0v) is 12.6. The highest BCUT2D eigenvalue weighted by atomic mass is 19.4. The zero-order valence-electron chi connectivity index (χ0n) is 12.6. The summed E-state index contributed by atoms with van der Waals surface area (Å²) in [5, 5.41) is 12.1. The number of carboxylic acids is 1. The number of aliphatic carboxylic acids is 1. The molecule has 1 aromatic rings. The van der Waals surface area contributed by atoms with Crippen LogP contribution in [0.4, 0.5) is 26.7 Å². The lowest BCUT2D eigenvalue weighted by atomic mass is 10.1. The second-order valence-corrected chi connectivity index (χ2v) is 4.79. The van der Waals surface area contributed by atoms with Crippen molar-refractivity contribution < 1.29 is 41.4 Å². The van der Waals surface area contributed by atoms with Crippen molar-refractivity contribution in [3.8, 4) is 5.75 Å². The van der Waals surface area contributed by atoms with Gasteiger partial charge in [0.1, 0.15) is 5.75 Å². The molecule has 0 aliphatic carbocycles. The number of carbonyl (C=O) groups is 2. The maximum atomic E-state index is 13.2. The van der Waals surface area contributed by atoms with Gasteiger partial charge in [-0.15, -0.1) is 0 Å². The van der Waals surface area contributed by atoms with Crippen LogP contribution in [0.5, 0.6) is 5.75 Å². The lowest BCUT2D eigenvalue weighted by Gasteiger charge is -2.24. The lowest BCUT2D eigenvalue weighted by Crippen LogP contribution is -2.44. The molecule has 0 saturated carbocycles. The molecule has 1 rings (SSSR count). The van der Waals surface area contributed by atoms with Gasteiger partial charge in [-0.2, -0.15) is 22.0 Å². The molecule has 0 aromatic heterocycles. The predicted molar refractivity (Wildman–Crippen MR) is 75.3 cm³/mol. The molecular weight excluding hydrogens is 355 g/mol. The number of alkyl halides is 5. The first-order valence-electron chi connectivity index (χ1n) is 6.98. The fourth-order valence-corrected chi connectivity index (χ4v) is 1.88. The summed E-state index contributed by atoms with van der Waals surface area (Å²) in [7, 11) is 0. The molecule has 1 atom stereocenters. The topological polar surface area (TPSA) is 87.7 Å². The summed E-state index contributed by atoms with van der Waals surface area (Å²) in [6.07, 6.45) is -5.22. The Kier molecular flexibility index (Phi) is 7.40. The molecule has 0 fully saturated rings. The number of hydrogen-bond donors (Lipinski definition) is 3. The number of carboxylic acid groups (broad SMARTS) is 1. The molecular formula is C14H15F5N2O4. The number of para-hydroxylation sites is 1. The van der Waals surface area contributed by atoms with E-state index >= 15 is 0 Å². The Balaban J connectivity index is 2.86. The van der Waals surface area contributed by atoms with E-state index in [1.165, 1.54) is 12.1 Å². The maximum Gasteiger partial charge on any atom is 0.413 e. The molecule has 2 amide bonds. The van der Waals surface area contributed by atoms with Gasteiger partial charge in [0.2, 0.25) is 0 Å². The number of benzene rings is 1. The van der Waals surface area contributed by atoms with Crippen LogP contribution in [-0.2, 0) is 4.79 Å². The first-order valence-corrected chi connectivity index (χ1v) is 6.98. The molecule has 0 aliphatic heterocycles. The minimum absolute atomic E-state index is 0.0184. The van der Waals surface area contributed by atoms with Gasteiger partial charge in [0, 0.05) is 18.5 Å². The van der Waals surface area contributed by atoms with E-state index in [0.29, 0.717) is 0 Å². The monoisotopic (exact) mass is 370 g/mol. The van der Waals surface area contributed by atoms with Crippen molar-refractivity contribution >= 4 is 12.0 Å². The third-order valence-electron chi connectivity index (χ3n) is 2.90. The smallest absolute Gasteiger partial charge is 0.413 e. The quantitative estimate of drug-likeness (QED) is 0.485. The van der Waals surface area contributed by atoms with Gasteiger partial charge in [-0.25, -0.2) is 4.79 Å². The number of ether oxygens (including phenoxy) is 1. The van der Waals surface area contributed by atoms with E-state index in [0.717, 1.165) is 12.1 Å². The van der Waals surface area contributed by atoms with Crippen molar-refractivity contribution in [2.45, 2.75) is 31.7 Å². The third kappa shape index (κ3) is 7.23. The summed E-state index contributed by atoms with van der Waals surface area (Å²) >= 11 is 0. The zero-order chi connectivity index (χ0) is 19.0. The highest BCUT2D eigenvalue weighted by Crippen LogP contribution is 2.37.